The van der Waals surface area contributed by atoms with Gasteiger partial charge in [0.05, 0.1) is 19.3 Å². The van der Waals surface area contributed by atoms with E-state index in [0.717, 1.165) is 25.1 Å². The monoisotopic (exact) mass is 278 g/mol. The van der Waals surface area contributed by atoms with Gasteiger partial charge in [0.2, 0.25) is 5.91 Å². The summed E-state index contributed by atoms with van der Waals surface area (Å²) < 4.78 is 5.19. The maximum atomic E-state index is 11.3. The lowest BCUT2D eigenvalue weighted by atomic mass is 10.1. The predicted octanol–water partition coefficient (Wildman–Crippen LogP) is 0.548. The minimum Gasteiger partial charge on any atom is -0.497 e. The van der Waals surface area contributed by atoms with Gasteiger partial charge in [0.25, 0.3) is 0 Å². The molecule has 0 aliphatic carbocycles. The SMILES string of the molecule is COc1cccc(CCCN2CC(O)CC2C(N)=O)c1. The maximum absolute atomic E-state index is 11.3. The maximum Gasteiger partial charge on any atom is 0.234 e. The Morgan fingerprint density at radius 2 is 2.35 bits per heavy atom. The van der Waals surface area contributed by atoms with Crippen LogP contribution in [0.2, 0.25) is 0 Å². The van der Waals surface area contributed by atoms with E-state index >= 15 is 0 Å². The first-order valence-electron chi connectivity index (χ1n) is 6.94. The van der Waals surface area contributed by atoms with Gasteiger partial charge < -0.3 is 15.6 Å². The molecule has 1 aromatic rings. The summed E-state index contributed by atoms with van der Waals surface area (Å²) in [5.41, 5.74) is 6.57. The van der Waals surface area contributed by atoms with Crippen molar-refractivity contribution in [2.75, 3.05) is 20.2 Å². The predicted molar refractivity (Wildman–Crippen MR) is 76.5 cm³/mol. The molecule has 1 fully saturated rings. The van der Waals surface area contributed by atoms with Crippen LogP contribution in [-0.2, 0) is 11.2 Å². The lowest BCUT2D eigenvalue weighted by molar-refractivity contribution is -0.122. The number of hydrogen-bond donors (Lipinski definition) is 2. The molecule has 2 unspecified atom stereocenters. The van der Waals surface area contributed by atoms with Crippen LogP contribution in [0.3, 0.4) is 0 Å². The molecule has 1 aromatic carbocycles. The number of nitrogens with two attached hydrogens (primary N) is 1. The van der Waals surface area contributed by atoms with Crippen LogP contribution in [0.15, 0.2) is 24.3 Å². The summed E-state index contributed by atoms with van der Waals surface area (Å²) >= 11 is 0. The Hall–Kier alpha value is -1.59. The molecule has 3 N–H and O–H groups in total. The minimum atomic E-state index is -0.440. The Morgan fingerprint density at radius 3 is 3.05 bits per heavy atom. The first kappa shape index (κ1) is 14.8. The number of β-amino-alcohol motifs (C(OH)–C–C–N with tert-alkyl or cyclic N) is 1. The van der Waals surface area contributed by atoms with Gasteiger partial charge in [0, 0.05) is 6.54 Å². The highest BCUT2D eigenvalue weighted by molar-refractivity contribution is 5.80. The van der Waals surface area contributed by atoms with Crippen LogP contribution < -0.4 is 10.5 Å². The third-order valence-electron chi connectivity index (χ3n) is 3.75. The number of hydrogen-bond acceptors (Lipinski definition) is 4. The fraction of sp³-hybridized carbons (Fsp3) is 0.533. The lowest BCUT2D eigenvalue weighted by Gasteiger charge is -2.21. The molecule has 0 saturated carbocycles. The summed E-state index contributed by atoms with van der Waals surface area (Å²) in [5.74, 6) is 0.511. The molecular formula is C15H22N2O3. The summed E-state index contributed by atoms with van der Waals surface area (Å²) in [6.45, 7) is 1.30. The summed E-state index contributed by atoms with van der Waals surface area (Å²) in [7, 11) is 1.65. The summed E-state index contributed by atoms with van der Waals surface area (Å²) in [6.07, 6.45) is 1.84. The van der Waals surface area contributed by atoms with Gasteiger partial charge in [-0.2, -0.15) is 0 Å². The van der Waals surface area contributed by atoms with Gasteiger partial charge in [-0.15, -0.1) is 0 Å². The molecule has 5 nitrogen and oxygen atoms in total. The van der Waals surface area contributed by atoms with Gasteiger partial charge in [-0.1, -0.05) is 12.1 Å². The molecule has 110 valence electrons. The van der Waals surface area contributed by atoms with Crippen molar-refractivity contribution in [2.24, 2.45) is 5.73 Å². The fourth-order valence-electron chi connectivity index (χ4n) is 2.74. The van der Waals surface area contributed by atoms with E-state index < -0.39 is 6.10 Å². The quantitative estimate of drug-likeness (QED) is 0.796. The molecule has 0 radical (unpaired) electrons. The average Bonchev–Trinajstić information content (AvgIpc) is 2.80. The molecule has 0 bridgehead atoms. The standard InChI is InChI=1S/C15H22N2O3/c1-20-13-6-2-4-11(8-13)5-3-7-17-10-12(18)9-14(17)15(16)19/h2,4,6,8,12,14,18H,3,5,7,9-10H2,1H3,(H2,16,19). The van der Waals surface area contributed by atoms with Gasteiger partial charge in [-0.05, 0) is 43.5 Å². The van der Waals surface area contributed by atoms with E-state index in [0.29, 0.717) is 13.0 Å². The highest BCUT2D eigenvalue weighted by atomic mass is 16.5. The van der Waals surface area contributed by atoms with Gasteiger partial charge in [-0.25, -0.2) is 0 Å². The fourth-order valence-corrected chi connectivity index (χ4v) is 2.74. The number of ether oxygens (including phenoxy) is 1. The number of carbonyl (C=O) groups is 1. The number of nitrogens with zero attached hydrogens (tertiary/aromatic N) is 1. The van der Waals surface area contributed by atoms with Gasteiger partial charge in [0.1, 0.15) is 5.75 Å². The molecule has 2 rings (SSSR count). The van der Waals surface area contributed by atoms with Crippen LogP contribution in [0.1, 0.15) is 18.4 Å². The zero-order valence-electron chi connectivity index (χ0n) is 11.8. The molecule has 20 heavy (non-hydrogen) atoms. The van der Waals surface area contributed by atoms with Crippen molar-refractivity contribution < 1.29 is 14.6 Å². The number of aliphatic hydroxyl groups is 1. The van der Waals surface area contributed by atoms with Gasteiger partial charge in [-0.3, -0.25) is 9.69 Å². The number of carbonyl (C=O) groups excluding carboxylic acids is 1. The Labute approximate surface area is 119 Å². The first-order valence-corrected chi connectivity index (χ1v) is 6.94. The van der Waals surface area contributed by atoms with Crippen LogP contribution >= 0.6 is 0 Å². The average molecular weight is 278 g/mol. The molecule has 1 heterocycles. The van der Waals surface area contributed by atoms with Crippen molar-refractivity contribution in [3.63, 3.8) is 0 Å². The summed E-state index contributed by atoms with van der Waals surface area (Å²) in [5, 5.41) is 9.64. The topological polar surface area (TPSA) is 75.8 Å². The molecule has 0 spiro atoms. The Morgan fingerprint density at radius 1 is 1.55 bits per heavy atom. The minimum absolute atomic E-state index is 0.324. The van der Waals surface area contributed by atoms with Crippen LogP contribution in [0, 0.1) is 0 Å². The van der Waals surface area contributed by atoms with E-state index in [2.05, 4.69) is 6.07 Å². The van der Waals surface area contributed by atoms with Crippen LogP contribution in [-0.4, -0.2) is 48.3 Å². The highest BCUT2D eigenvalue weighted by Gasteiger charge is 2.33. The van der Waals surface area contributed by atoms with E-state index in [-0.39, 0.29) is 11.9 Å². The number of aryl methyl sites for hydroxylation is 1. The van der Waals surface area contributed by atoms with E-state index in [9.17, 15) is 9.90 Å². The van der Waals surface area contributed by atoms with E-state index in [1.807, 2.05) is 23.1 Å². The smallest absolute Gasteiger partial charge is 0.234 e. The second-order valence-corrected chi connectivity index (χ2v) is 5.26. The number of primary amides is 1. The van der Waals surface area contributed by atoms with Crippen molar-refractivity contribution in [1.29, 1.82) is 0 Å². The summed E-state index contributed by atoms with van der Waals surface area (Å²) in [6, 6.07) is 7.65. The van der Waals surface area contributed by atoms with E-state index in [1.165, 1.54) is 5.56 Å². The van der Waals surface area contributed by atoms with E-state index in [4.69, 9.17) is 10.5 Å². The second kappa shape index (κ2) is 6.72. The van der Waals surface area contributed by atoms with Gasteiger partial charge >= 0.3 is 0 Å². The Balaban J connectivity index is 1.84. The molecular weight excluding hydrogens is 256 g/mol. The highest BCUT2D eigenvalue weighted by Crippen LogP contribution is 2.19. The van der Waals surface area contributed by atoms with Crippen molar-refractivity contribution in [1.82, 2.24) is 4.90 Å². The van der Waals surface area contributed by atoms with Crippen molar-refractivity contribution in [3.05, 3.63) is 29.8 Å². The second-order valence-electron chi connectivity index (χ2n) is 5.26. The number of benzene rings is 1. The number of amides is 1. The molecule has 1 aliphatic heterocycles. The normalized spacial score (nSPS) is 22.9. The number of methoxy groups -OCH3 is 1. The third kappa shape index (κ3) is 3.71. The van der Waals surface area contributed by atoms with Crippen LogP contribution in [0.4, 0.5) is 0 Å². The zero-order valence-corrected chi connectivity index (χ0v) is 11.8. The molecule has 1 aliphatic rings. The Bertz CT molecular complexity index is 464. The number of rotatable bonds is 6. The van der Waals surface area contributed by atoms with Crippen LogP contribution in [0.25, 0.3) is 0 Å². The molecule has 1 amide bonds. The first-order chi connectivity index (χ1) is 9.60. The molecule has 5 heteroatoms. The molecule has 1 saturated heterocycles. The molecule has 0 aromatic heterocycles. The van der Waals surface area contributed by atoms with Gasteiger partial charge in [0.15, 0.2) is 0 Å². The van der Waals surface area contributed by atoms with Crippen molar-refractivity contribution >= 4 is 5.91 Å². The molecule has 2 atom stereocenters. The Kier molecular flexibility index (Phi) is 4.98. The lowest BCUT2D eigenvalue weighted by Crippen LogP contribution is -2.40. The third-order valence-corrected chi connectivity index (χ3v) is 3.75. The largest absolute Gasteiger partial charge is 0.497 e. The summed E-state index contributed by atoms with van der Waals surface area (Å²) in [4.78, 5) is 13.3. The number of aliphatic hydroxyl groups excluding tert-OH is 1. The van der Waals surface area contributed by atoms with Crippen LogP contribution in [0.5, 0.6) is 5.75 Å². The van der Waals surface area contributed by atoms with Crippen molar-refractivity contribution in [2.45, 2.75) is 31.4 Å². The van der Waals surface area contributed by atoms with Crippen molar-refractivity contribution in [3.8, 4) is 5.75 Å². The number of likely N-dealkylation sites (tertiary alicyclic amines) is 1. The zero-order chi connectivity index (χ0) is 14.5. The van der Waals surface area contributed by atoms with E-state index in [1.54, 1.807) is 7.11 Å².